The lowest BCUT2D eigenvalue weighted by Gasteiger charge is -2.17. The molecule has 3 N–H and O–H groups in total. The molecule has 4 rings (SSSR count). The second kappa shape index (κ2) is 11.7. The molecule has 0 aliphatic carbocycles. The Labute approximate surface area is 214 Å². The number of carbonyl (C=O) groups excluding carboxylic acids is 2. The number of para-hydroxylation sites is 1. The molecule has 0 saturated carbocycles. The van der Waals surface area contributed by atoms with Crippen molar-refractivity contribution in [1.29, 1.82) is 0 Å². The van der Waals surface area contributed by atoms with E-state index in [0.29, 0.717) is 24.3 Å². The summed E-state index contributed by atoms with van der Waals surface area (Å²) in [6.07, 6.45) is 0.699. The van der Waals surface area contributed by atoms with E-state index >= 15 is 0 Å². The Bertz CT molecular complexity index is 1430. The van der Waals surface area contributed by atoms with Crippen molar-refractivity contribution in [2.75, 3.05) is 20.3 Å². The van der Waals surface area contributed by atoms with Crippen LogP contribution in [0, 0.1) is 0 Å². The fourth-order valence-electron chi connectivity index (χ4n) is 3.72. The van der Waals surface area contributed by atoms with Crippen LogP contribution in [0.5, 0.6) is 5.75 Å². The molecule has 0 aliphatic rings. The average Bonchev–Trinajstić information content (AvgIpc) is 3.34. The highest BCUT2D eigenvalue weighted by atomic mass is 32.2. The molecule has 1 aromatic heterocycles. The maximum Gasteiger partial charge on any atom is 0.325 e. The fourth-order valence-corrected chi connectivity index (χ4v) is 4.92. The van der Waals surface area contributed by atoms with E-state index in [-0.39, 0.29) is 11.4 Å². The number of H-pyrrole nitrogens is 1. The summed E-state index contributed by atoms with van der Waals surface area (Å²) in [5, 5.41) is 3.72. The van der Waals surface area contributed by atoms with Crippen molar-refractivity contribution in [3.05, 3.63) is 96.2 Å². The van der Waals surface area contributed by atoms with Crippen LogP contribution in [0.25, 0.3) is 10.9 Å². The highest BCUT2D eigenvalue weighted by Gasteiger charge is 2.27. The summed E-state index contributed by atoms with van der Waals surface area (Å²) in [5.41, 5.74) is 2.48. The SMILES string of the molecule is COC(=O)C(CNC(=O)c1ccc(OCCc2cc3ccccc3[nH]2)cc1)NS(=O)(=O)c1ccccc1. The Hall–Kier alpha value is -4.15. The lowest BCUT2D eigenvalue weighted by Crippen LogP contribution is -2.48. The van der Waals surface area contributed by atoms with Gasteiger partial charge < -0.3 is 19.8 Å². The smallest absolute Gasteiger partial charge is 0.325 e. The van der Waals surface area contributed by atoms with Crippen molar-refractivity contribution >= 4 is 32.8 Å². The van der Waals surface area contributed by atoms with E-state index in [4.69, 9.17) is 9.47 Å². The number of rotatable bonds is 11. The molecule has 1 unspecified atom stereocenters. The normalized spacial score (nSPS) is 12.1. The van der Waals surface area contributed by atoms with Crippen LogP contribution in [0.1, 0.15) is 16.1 Å². The molecule has 1 atom stereocenters. The number of carbonyl (C=O) groups is 2. The van der Waals surface area contributed by atoms with E-state index in [1.807, 2.05) is 24.3 Å². The number of benzene rings is 3. The monoisotopic (exact) mass is 521 g/mol. The van der Waals surface area contributed by atoms with E-state index in [1.165, 1.54) is 12.1 Å². The third-order valence-corrected chi connectivity index (χ3v) is 7.13. The highest BCUT2D eigenvalue weighted by molar-refractivity contribution is 7.89. The number of methoxy groups -OCH3 is 1. The Morgan fingerprint density at radius 1 is 0.946 bits per heavy atom. The van der Waals surface area contributed by atoms with Crippen molar-refractivity contribution in [3.8, 4) is 5.75 Å². The van der Waals surface area contributed by atoms with E-state index in [0.717, 1.165) is 23.7 Å². The minimum absolute atomic E-state index is 0.00430. The predicted octanol–water partition coefficient (Wildman–Crippen LogP) is 3.04. The number of amides is 1. The number of fused-ring (bicyclic) bond motifs is 1. The zero-order chi connectivity index (χ0) is 26.3. The molecule has 0 fully saturated rings. The molecular formula is C27H27N3O6S. The van der Waals surface area contributed by atoms with Crippen LogP contribution in [-0.2, 0) is 26.0 Å². The molecular weight excluding hydrogens is 494 g/mol. The molecule has 0 aliphatic heterocycles. The van der Waals surface area contributed by atoms with E-state index in [1.54, 1.807) is 42.5 Å². The number of hydrogen-bond donors (Lipinski definition) is 3. The Morgan fingerprint density at radius 3 is 2.35 bits per heavy atom. The fraction of sp³-hybridized carbons (Fsp3) is 0.185. The second-order valence-corrected chi connectivity index (χ2v) is 9.94. The van der Waals surface area contributed by atoms with Gasteiger partial charge in [0.05, 0.1) is 18.6 Å². The number of esters is 1. The van der Waals surface area contributed by atoms with E-state index in [2.05, 4.69) is 21.1 Å². The maximum atomic E-state index is 12.6. The van der Waals surface area contributed by atoms with Crippen LogP contribution >= 0.6 is 0 Å². The van der Waals surface area contributed by atoms with Gasteiger partial charge in [-0.25, -0.2) is 8.42 Å². The van der Waals surface area contributed by atoms with E-state index < -0.39 is 27.9 Å². The third-order valence-electron chi connectivity index (χ3n) is 5.65. The van der Waals surface area contributed by atoms with Gasteiger partial charge in [-0.05, 0) is 53.9 Å². The molecule has 0 bridgehead atoms. The van der Waals surface area contributed by atoms with Gasteiger partial charge in [0.1, 0.15) is 11.8 Å². The number of ether oxygens (including phenoxy) is 2. The molecule has 1 heterocycles. The van der Waals surface area contributed by atoms with Gasteiger partial charge in [0, 0.05) is 29.7 Å². The van der Waals surface area contributed by atoms with Gasteiger partial charge in [-0.3, -0.25) is 9.59 Å². The quantitative estimate of drug-likeness (QED) is 0.261. The molecule has 0 spiro atoms. The largest absolute Gasteiger partial charge is 0.493 e. The molecule has 4 aromatic rings. The van der Waals surface area contributed by atoms with Crippen molar-refractivity contribution in [2.24, 2.45) is 0 Å². The summed E-state index contributed by atoms with van der Waals surface area (Å²) in [5.74, 6) is -0.688. The van der Waals surface area contributed by atoms with Crippen LogP contribution in [0.2, 0.25) is 0 Å². The summed E-state index contributed by atoms with van der Waals surface area (Å²) >= 11 is 0. The minimum Gasteiger partial charge on any atom is -0.493 e. The average molecular weight is 522 g/mol. The van der Waals surface area contributed by atoms with Crippen molar-refractivity contribution in [1.82, 2.24) is 15.0 Å². The van der Waals surface area contributed by atoms with Gasteiger partial charge in [-0.15, -0.1) is 0 Å². The number of aromatic amines is 1. The van der Waals surface area contributed by atoms with Gasteiger partial charge in [0.25, 0.3) is 5.91 Å². The van der Waals surface area contributed by atoms with Crippen LogP contribution in [-0.4, -0.2) is 51.6 Å². The van der Waals surface area contributed by atoms with Crippen LogP contribution in [0.3, 0.4) is 0 Å². The molecule has 0 radical (unpaired) electrons. The summed E-state index contributed by atoms with van der Waals surface area (Å²) < 4.78 is 38.0. The van der Waals surface area contributed by atoms with Gasteiger partial charge in [-0.2, -0.15) is 4.72 Å². The summed E-state index contributed by atoms with van der Waals surface area (Å²) in [7, 11) is -2.85. The lowest BCUT2D eigenvalue weighted by atomic mass is 10.2. The van der Waals surface area contributed by atoms with E-state index in [9.17, 15) is 18.0 Å². The van der Waals surface area contributed by atoms with Crippen LogP contribution in [0.15, 0.2) is 89.8 Å². The summed E-state index contributed by atoms with van der Waals surface area (Å²) in [6, 6.07) is 23.0. The highest BCUT2D eigenvalue weighted by Crippen LogP contribution is 2.16. The second-order valence-electron chi connectivity index (χ2n) is 8.22. The number of aromatic nitrogens is 1. The first-order chi connectivity index (χ1) is 17.9. The molecule has 192 valence electrons. The predicted molar refractivity (Wildman–Crippen MR) is 139 cm³/mol. The summed E-state index contributed by atoms with van der Waals surface area (Å²) in [4.78, 5) is 28.1. The molecule has 3 aromatic carbocycles. The Balaban J connectivity index is 1.30. The number of nitrogens with one attached hydrogen (secondary N) is 3. The molecule has 37 heavy (non-hydrogen) atoms. The molecule has 9 nitrogen and oxygen atoms in total. The summed E-state index contributed by atoms with van der Waals surface area (Å²) in [6.45, 7) is 0.168. The van der Waals surface area contributed by atoms with Gasteiger partial charge in [-0.1, -0.05) is 36.4 Å². The van der Waals surface area contributed by atoms with Crippen molar-refractivity contribution in [2.45, 2.75) is 17.4 Å². The molecule has 0 saturated heterocycles. The van der Waals surface area contributed by atoms with Gasteiger partial charge in [0.15, 0.2) is 0 Å². The van der Waals surface area contributed by atoms with Crippen molar-refractivity contribution < 1.29 is 27.5 Å². The Kier molecular flexibility index (Phi) is 8.22. The van der Waals surface area contributed by atoms with Crippen LogP contribution in [0.4, 0.5) is 0 Å². The van der Waals surface area contributed by atoms with Gasteiger partial charge >= 0.3 is 5.97 Å². The first-order valence-corrected chi connectivity index (χ1v) is 13.1. The standard InChI is InChI=1S/C27H27N3O6S/c1-35-27(32)25(30-37(33,34)23-8-3-2-4-9-23)18-28-26(31)19-11-13-22(14-12-19)36-16-15-21-17-20-7-5-6-10-24(20)29-21/h2-14,17,25,29-30H,15-16,18H2,1H3,(H,28,31). The number of sulfonamides is 1. The first kappa shape index (κ1) is 25.9. The maximum absolute atomic E-state index is 12.6. The van der Waals surface area contributed by atoms with Gasteiger partial charge in [0.2, 0.25) is 10.0 Å². The Morgan fingerprint density at radius 2 is 1.65 bits per heavy atom. The van der Waals surface area contributed by atoms with Crippen LogP contribution < -0.4 is 14.8 Å². The first-order valence-electron chi connectivity index (χ1n) is 11.6. The number of hydrogen-bond acceptors (Lipinski definition) is 6. The minimum atomic E-state index is -3.99. The molecule has 1 amide bonds. The third kappa shape index (κ3) is 6.75. The molecule has 10 heteroatoms. The zero-order valence-electron chi connectivity index (χ0n) is 20.1. The topological polar surface area (TPSA) is 127 Å². The van der Waals surface area contributed by atoms with Crippen molar-refractivity contribution in [3.63, 3.8) is 0 Å². The zero-order valence-corrected chi connectivity index (χ0v) is 21.0. The lowest BCUT2D eigenvalue weighted by molar-refractivity contribution is -0.142.